The minimum absolute atomic E-state index is 0.129. The first-order valence-electron chi connectivity index (χ1n) is 6.51. The van der Waals surface area contributed by atoms with Crippen LogP contribution in [0.25, 0.3) is 0 Å². The number of ether oxygens (including phenoxy) is 1. The van der Waals surface area contributed by atoms with Crippen LogP contribution < -0.4 is 9.64 Å². The normalized spacial score (nSPS) is 10.3. The smallest absolute Gasteiger partial charge is 0.161 e. The number of aromatic hydroxyl groups is 1. The first-order valence-corrected chi connectivity index (χ1v) is 6.51. The summed E-state index contributed by atoms with van der Waals surface area (Å²) in [5.41, 5.74) is 1.79. The molecule has 106 valence electrons. The molecule has 0 bridgehead atoms. The molecule has 0 heterocycles. The third kappa shape index (κ3) is 3.41. The summed E-state index contributed by atoms with van der Waals surface area (Å²) >= 11 is 0. The van der Waals surface area contributed by atoms with Crippen LogP contribution in [0.3, 0.4) is 0 Å². The highest BCUT2D eigenvalue weighted by Gasteiger charge is 2.07. The SMILES string of the molecule is CCOc1cc(CN(C)c2cccc(F)c2)ccc1O. The van der Waals surface area contributed by atoms with Crippen LogP contribution in [0, 0.1) is 5.82 Å². The van der Waals surface area contributed by atoms with Crippen molar-refractivity contribution >= 4 is 5.69 Å². The van der Waals surface area contributed by atoms with E-state index in [1.54, 1.807) is 18.2 Å². The summed E-state index contributed by atoms with van der Waals surface area (Å²) in [6.07, 6.45) is 0. The highest BCUT2D eigenvalue weighted by molar-refractivity contribution is 5.48. The molecule has 0 amide bonds. The molecule has 0 fully saturated rings. The molecule has 2 aromatic carbocycles. The predicted octanol–water partition coefficient (Wildman–Crippen LogP) is 3.57. The number of rotatable bonds is 5. The maximum absolute atomic E-state index is 13.2. The Hall–Kier alpha value is -2.23. The van der Waals surface area contributed by atoms with Crippen molar-refractivity contribution in [2.45, 2.75) is 13.5 Å². The van der Waals surface area contributed by atoms with Crippen molar-refractivity contribution < 1.29 is 14.2 Å². The lowest BCUT2D eigenvalue weighted by Gasteiger charge is -2.20. The highest BCUT2D eigenvalue weighted by atomic mass is 19.1. The van der Waals surface area contributed by atoms with E-state index in [1.165, 1.54) is 12.1 Å². The molecule has 0 atom stereocenters. The van der Waals surface area contributed by atoms with Crippen LogP contribution in [-0.2, 0) is 6.54 Å². The highest BCUT2D eigenvalue weighted by Crippen LogP contribution is 2.28. The van der Waals surface area contributed by atoms with Gasteiger partial charge in [-0.3, -0.25) is 0 Å². The van der Waals surface area contributed by atoms with E-state index in [0.29, 0.717) is 18.9 Å². The summed E-state index contributed by atoms with van der Waals surface area (Å²) in [7, 11) is 1.89. The minimum atomic E-state index is -0.255. The number of anilines is 1. The molecule has 2 aromatic rings. The molecule has 1 N–H and O–H groups in total. The number of hydrogen-bond donors (Lipinski definition) is 1. The van der Waals surface area contributed by atoms with Crippen LogP contribution >= 0.6 is 0 Å². The fourth-order valence-corrected chi connectivity index (χ4v) is 2.01. The van der Waals surface area contributed by atoms with Crippen molar-refractivity contribution in [3.05, 3.63) is 53.8 Å². The molecule has 0 spiro atoms. The van der Waals surface area contributed by atoms with Gasteiger partial charge >= 0.3 is 0 Å². The number of nitrogens with zero attached hydrogens (tertiary/aromatic N) is 1. The quantitative estimate of drug-likeness (QED) is 0.905. The van der Waals surface area contributed by atoms with Crippen LogP contribution in [0.15, 0.2) is 42.5 Å². The third-order valence-electron chi connectivity index (χ3n) is 2.99. The zero-order chi connectivity index (χ0) is 14.5. The van der Waals surface area contributed by atoms with Crippen LogP contribution in [0.4, 0.5) is 10.1 Å². The monoisotopic (exact) mass is 275 g/mol. The molecule has 0 aliphatic rings. The van der Waals surface area contributed by atoms with Gasteiger partial charge in [-0.25, -0.2) is 4.39 Å². The van der Waals surface area contributed by atoms with E-state index in [-0.39, 0.29) is 11.6 Å². The summed E-state index contributed by atoms with van der Waals surface area (Å²) in [5.74, 6) is 0.344. The summed E-state index contributed by atoms with van der Waals surface area (Å²) in [6.45, 7) is 2.96. The van der Waals surface area contributed by atoms with Crippen molar-refractivity contribution in [1.29, 1.82) is 0 Å². The zero-order valence-corrected chi connectivity index (χ0v) is 11.6. The molecule has 0 aliphatic heterocycles. The summed E-state index contributed by atoms with van der Waals surface area (Å²) in [5, 5.41) is 9.67. The van der Waals surface area contributed by atoms with Crippen LogP contribution in [-0.4, -0.2) is 18.8 Å². The van der Waals surface area contributed by atoms with Crippen molar-refractivity contribution in [2.24, 2.45) is 0 Å². The number of phenolic OH excluding ortho intramolecular Hbond substituents is 1. The van der Waals surface area contributed by atoms with Gasteiger partial charge in [0, 0.05) is 19.3 Å². The Morgan fingerprint density at radius 3 is 2.70 bits per heavy atom. The maximum Gasteiger partial charge on any atom is 0.161 e. The van der Waals surface area contributed by atoms with E-state index >= 15 is 0 Å². The first kappa shape index (κ1) is 14.2. The molecule has 4 heteroatoms. The van der Waals surface area contributed by atoms with Gasteiger partial charge in [0.05, 0.1) is 6.61 Å². The lowest BCUT2D eigenvalue weighted by atomic mass is 10.2. The van der Waals surface area contributed by atoms with E-state index in [0.717, 1.165) is 11.3 Å². The number of benzene rings is 2. The Morgan fingerprint density at radius 2 is 2.00 bits per heavy atom. The zero-order valence-electron chi connectivity index (χ0n) is 11.6. The van der Waals surface area contributed by atoms with Gasteiger partial charge in [-0.1, -0.05) is 12.1 Å². The van der Waals surface area contributed by atoms with Crippen LogP contribution in [0.1, 0.15) is 12.5 Å². The molecule has 20 heavy (non-hydrogen) atoms. The van der Waals surface area contributed by atoms with E-state index in [1.807, 2.05) is 31.0 Å². The largest absolute Gasteiger partial charge is 0.504 e. The van der Waals surface area contributed by atoms with Crippen molar-refractivity contribution in [3.63, 3.8) is 0 Å². The Labute approximate surface area is 118 Å². The molecular weight excluding hydrogens is 257 g/mol. The van der Waals surface area contributed by atoms with Crippen molar-refractivity contribution in [1.82, 2.24) is 0 Å². The molecule has 0 saturated heterocycles. The molecule has 0 radical (unpaired) electrons. The average molecular weight is 275 g/mol. The Balaban J connectivity index is 2.15. The van der Waals surface area contributed by atoms with Gasteiger partial charge in [0.25, 0.3) is 0 Å². The summed E-state index contributed by atoms with van der Waals surface area (Å²) in [4.78, 5) is 1.94. The van der Waals surface area contributed by atoms with Gasteiger partial charge in [0.15, 0.2) is 11.5 Å². The average Bonchev–Trinajstić information content (AvgIpc) is 2.43. The van der Waals surface area contributed by atoms with Crippen LogP contribution in [0.2, 0.25) is 0 Å². The van der Waals surface area contributed by atoms with Crippen molar-refractivity contribution in [3.8, 4) is 11.5 Å². The Morgan fingerprint density at radius 1 is 1.20 bits per heavy atom. The molecule has 2 rings (SSSR count). The standard InChI is InChI=1S/C16H18FNO2/c1-3-20-16-9-12(7-8-15(16)19)11-18(2)14-6-4-5-13(17)10-14/h4-10,19H,3,11H2,1-2H3. The first-order chi connectivity index (χ1) is 9.60. The molecule has 0 unspecified atom stereocenters. The lowest BCUT2D eigenvalue weighted by molar-refractivity contribution is 0.318. The van der Waals surface area contributed by atoms with Crippen LogP contribution in [0.5, 0.6) is 11.5 Å². The van der Waals surface area contributed by atoms with Gasteiger partial charge in [-0.2, -0.15) is 0 Å². The summed E-state index contributed by atoms with van der Waals surface area (Å²) in [6, 6.07) is 11.7. The van der Waals surface area contributed by atoms with E-state index in [9.17, 15) is 9.50 Å². The second-order valence-electron chi connectivity index (χ2n) is 4.57. The van der Waals surface area contributed by atoms with E-state index in [4.69, 9.17) is 4.74 Å². The van der Waals surface area contributed by atoms with Gasteiger partial charge in [-0.15, -0.1) is 0 Å². The van der Waals surface area contributed by atoms with Gasteiger partial charge in [0.1, 0.15) is 5.82 Å². The Bertz CT molecular complexity index is 586. The van der Waals surface area contributed by atoms with Gasteiger partial charge in [-0.05, 0) is 42.8 Å². The predicted molar refractivity (Wildman–Crippen MR) is 77.8 cm³/mol. The molecule has 0 aromatic heterocycles. The topological polar surface area (TPSA) is 32.7 Å². The Kier molecular flexibility index (Phi) is 4.45. The summed E-state index contributed by atoms with van der Waals surface area (Å²) < 4.78 is 18.6. The van der Waals surface area contributed by atoms with E-state index in [2.05, 4.69) is 0 Å². The molecule has 3 nitrogen and oxygen atoms in total. The van der Waals surface area contributed by atoms with E-state index < -0.39 is 0 Å². The number of phenols is 1. The fraction of sp³-hybridized carbons (Fsp3) is 0.250. The minimum Gasteiger partial charge on any atom is -0.504 e. The maximum atomic E-state index is 13.2. The second-order valence-corrected chi connectivity index (χ2v) is 4.57. The lowest BCUT2D eigenvalue weighted by Crippen LogP contribution is -2.16. The van der Waals surface area contributed by atoms with Crippen molar-refractivity contribution in [2.75, 3.05) is 18.6 Å². The second kappa shape index (κ2) is 6.28. The number of hydrogen-bond acceptors (Lipinski definition) is 3. The fourth-order valence-electron chi connectivity index (χ4n) is 2.01. The van der Waals surface area contributed by atoms with Gasteiger partial charge < -0.3 is 14.7 Å². The molecule has 0 saturated carbocycles. The number of halogens is 1. The molecule has 0 aliphatic carbocycles. The third-order valence-corrected chi connectivity index (χ3v) is 2.99. The molecular formula is C16H18FNO2. The van der Waals surface area contributed by atoms with Gasteiger partial charge in [0.2, 0.25) is 0 Å².